The van der Waals surface area contributed by atoms with Crippen molar-refractivity contribution in [3.8, 4) is 5.75 Å². The molecule has 8 nitrogen and oxygen atoms in total. The van der Waals surface area contributed by atoms with Crippen LogP contribution in [0.15, 0.2) is 72.9 Å². The maximum atomic E-state index is 13.3. The molecule has 0 radical (unpaired) electrons. The predicted molar refractivity (Wildman–Crippen MR) is 127 cm³/mol. The van der Waals surface area contributed by atoms with Gasteiger partial charge < -0.3 is 15.0 Å². The van der Waals surface area contributed by atoms with Crippen molar-refractivity contribution in [3.05, 3.63) is 78.5 Å². The smallest absolute Gasteiger partial charge is 0.248 e. The minimum Gasteiger partial charge on any atom is -0.489 e. The summed E-state index contributed by atoms with van der Waals surface area (Å²) in [5.41, 5.74) is 4.71. The molecule has 0 bridgehead atoms. The van der Waals surface area contributed by atoms with Gasteiger partial charge in [-0.15, -0.1) is 0 Å². The first-order valence-electron chi connectivity index (χ1n) is 11.3. The first-order chi connectivity index (χ1) is 16.6. The van der Waals surface area contributed by atoms with Gasteiger partial charge in [-0.2, -0.15) is 0 Å². The van der Waals surface area contributed by atoms with Crippen molar-refractivity contribution in [2.24, 2.45) is 5.92 Å². The van der Waals surface area contributed by atoms with Gasteiger partial charge in [0.2, 0.25) is 11.8 Å². The van der Waals surface area contributed by atoms with Gasteiger partial charge in [0.15, 0.2) is 0 Å². The normalized spacial score (nSPS) is 22.3. The molecule has 1 aromatic heterocycles. The standard InChI is InChI=1S/C26H26N4O4/c31-25(29-33)22-13-21(34-20-9-8-18-7-4-11-27-23(18)14-20)15-28-24(22)26(32)30-12-10-19(16-30)17-5-2-1-3-6-17/h1-11,14,21-22,24,28,33H,12-13,15-16H2,(H,29,31)/t21?,22?,24-/m0/s1. The van der Waals surface area contributed by atoms with E-state index in [-0.39, 0.29) is 12.0 Å². The van der Waals surface area contributed by atoms with Crippen molar-refractivity contribution in [1.82, 2.24) is 20.7 Å². The van der Waals surface area contributed by atoms with Crippen LogP contribution in [0.25, 0.3) is 16.5 Å². The highest BCUT2D eigenvalue weighted by atomic mass is 16.5. The number of carbonyl (C=O) groups excluding carboxylic acids is 2. The van der Waals surface area contributed by atoms with E-state index in [1.807, 2.05) is 66.7 Å². The van der Waals surface area contributed by atoms with Crippen molar-refractivity contribution in [2.75, 3.05) is 19.6 Å². The van der Waals surface area contributed by atoms with E-state index in [4.69, 9.17) is 4.74 Å². The lowest BCUT2D eigenvalue weighted by atomic mass is 9.87. The molecule has 3 aromatic rings. The molecule has 2 amide bonds. The van der Waals surface area contributed by atoms with Crippen molar-refractivity contribution in [1.29, 1.82) is 0 Å². The molecule has 34 heavy (non-hydrogen) atoms. The zero-order valence-electron chi connectivity index (χ0n) is 18.6. The molecule has 0 spiro atoms. The Bertz CT molecular complexity index is 1230. The lowest BCUT2D eigenvalue weighted by Gasteiger charge is -2.36. The van der Waals surface area contributed by atoms with Gasteiger partial charge in [0.05, 0.1) is 17.5 Å². The number of benzene rings is 2. The average Bonchev–Trinajstić information content (AvgIpc) is 3.39. The molecule has 8 heteroatoms. The first kappa shape index (κ1) is 22.1. The van der Waals surface area contributed by atoms with Gasteiger partial charge in [-0.3, -0.25) is 19.8 Å². The van der Waals surface area contributed by atoms with E-state index in [1.165, 1.54) is 0 Å². The van der Waals surface area contributed by atoms with Gasteiger partial charge >= 0.3 is 0 Å². The highest BCUT2D eigenvalue weighted by Gasteiger charge is 2.42. The average molecular weight is 459 g/mol. The number of piperidine rings is 1. The van der Waals surface area contributed by atoms with E-state index in [1.54, 1.807) is 16.6 Å². The molecule has 1 fully saturated rings. The van der Waals surface area contributed by atoms with Crippen LogP contribution in [-0.4, -0.2) is 58.7 Å². The highest BCUT2D eigenvalue weighted by Crippen LogP contribution is 2.27. The Kier molecular flexibility index (Phi) is 6.24. The van der Waals surface area contributed by atoms with Crippen LogP contribution in [0, 0.1) is 5.92 Å². The van der Waals surface area contributed by atoms with Crippen molar-refractivity contribution in [2.45, 2.75) is 18.6 Å². The van der Waals surface area contributed by atoms with Crippen LogP contribution in [0.1, 0.15) is 12.0 Å². The van der Waals surface area contributed by atoms with Gasteiger partial charge in [-0.25, -0.2) is 5.48 Å². The van der Waals surface area contributed by atoms with Crippen molar-refractivity contribution >= 4 is 28.3 Å². The summed E-state index contributed by atoms with van der Waals surface area (Å²) in [5.74, 6) is -0.892. The largest absolute Gasteiger partial charge is 0.489 e. The Morgan fingerprint density at radius 2 is 1.97 bits per heavy atom. The lowest BCUT2D eigenvalue weighted by Crippen LogP contribution is -2.60. The summed E-state index contributed by atoms with van der Waals surface area (Å²) >= 11 is 0. The number of hydrogen-bond acceptors (Lipinski definition) is 6. The quantitative estimate of drug-likeness (QED) is 0.401. The predicted octanol–water partition coefficient (Wildman–Crippen LogP) is 2.39. The molecular formula is C26H26N4O4. The van der Waals surface area contributed by atoms with Crippen LogP contribution in [0.2, 0.25) is 0 Å². The second kappa shape index (κ2) is 9.62. The van der Waals surface area contributed by atoms with Gasteiger partial charge in [0.25, 0.3) is 0 Å². The molecule has 2 unspecified atom stereocenters. The minimum atomic E-state index is -0.768. The first-order valence-corrected chi connectivity index (χ1v) is 11.3. The number of aromatic nitrogens is 1. The van der Waals surface area contributed by atoms with Crippen LogP contribution in [0.4, 0.5) is 0 Å². The lowest BCUT2D eigenvalue weighted by molar-refractivity contribution is -0.144. The number of rotatable bonds is 5. The molecular weight excluding hydrogens is 432 g/mol. The van der Waals surface area contributed by atoms with Gasteiger partial charge in [-0.1, -0.05) is 42.5 Å². The summed E-state index contributed by atoms with van der Waals surface area (Å²) in [7, 11) is 0. The summed E-state index contributed by atoms with van der Waals surface area (Å²) < 4.78 is 6.12. The second-order valence-electron chi connectivity index (χ2n) is 8.62. The molecule has 1 saturated heterocycles. The third-order valence-electron chi connectivity index (χ3n) is 6.45. The number of ether oxygens (including phenoxy) is 1. The Balaban J connectivity index is 1.26. The summed E-state index contributed by atoms with van der Waals surface area (Å²) in [5, 5.41) is 13.5. The molecule has 0 aliphatic carbocycles. The minimum absolute atomic E-state index is 0.163. The number of hydrogen-bond donors (Lipinski definition) is 3. The number of hydroxylamine groups is 1. The van der Waals surface area contributed by atoms with E-state index >= 15 is 0 Å². The van der Waals surface area contributed by atoms with Crippen LogP contribution >= 0.6 is 0 Å². The van der Waals surface area contributed by atoms with E-state index in [0.29, 0.717) is 31.8 Å². The highest BCUT2D eigenvalue weighted by molar-refractivity contribution is 5.92. The Hall–Kier alpha value is -3.75. The molecule has 3 N–H and O–H groups in total. The summed E-state index contributed by atoms with van der Waals surface area (Å²) in [6.45, 7) is 1.37. The molecule has 2 aliphatic rings. The van der Waals surface area contributed by atoms with E-state index < -0.39 is 17.9 Å². The van der Waals surface area contributed by atoms with Gasteiger partial charge in [-0.05, 0) is 35.8 Å². The SMILES string of the molecule is O=C(NO)C1CC(Oc2ccc3cccnc3c2)CN[C@@H]1C(=O)N1CC=C(c2ccccc2)C1. The fraction of sp³-hybridized carbons (Fsp3) is 0.269. The van der Waals surface area contributed by atoms with Crippen molar-refractivity contribution < 1.29 is 19.5 Å². The van der Waals surface area contributed by atoms with Gasteiger partial charge in [0, 0.05) is 37.3 Å². The Labute approximate surface area is 197 Å². The van der Waals surface area contributed by atoms with E-state index in [9.17, 15) is 14.8 Å². The number of carbonyl (C=O) groups is 2. The van der Waals surface area contributed by atoms with Gasteiger partial charge in [0.1, 0.15) is 11.9 Å². The number of nitrogens with one attached hydrogen (secondary N) is 2. The summed E-state index contributed by atoms with van der Waals surface area (Å²) in [6.07, 6.45) is 3.71. The maximum Gasteiger partial charge on any atom is 0.248 e. The maximum absolute atomic E-state index is 13.3. The van der Waals surface area contributed by atoms with Crippen LogP contribution in [0.5, 0.6) is 5.75 Å². The number of nitrogens with zero attached hydrogens (tertiary/aromatic N) is 2. The molecule has 3 atom stereocenters. The third kappa shape index (κ3) is 4.50. The molecule has 5 rings (SSSR count). The topological polar surface area (TPSA) is 104 Å². The molecule has 0 saturated carbocycles. The Morgan fingerprint density at radius 3 is 2.79 bits per heavy atom. The molecule has 174 valence electrons. The Morgan fingerprint density at radius 1 is 1.12 bits per heavy atom. The zero-order chi connectivity index (χ0) is 23.5. The number of fused-ring (bicyclic) bond motifs is 1. The molecule has 2 aliphatic heterocycles. The van der Waals surface area contributed by atoms with E-state index in [0.717, 1.165) is 22.0 Å². The fourth-order valence-electron chi connectivity index (χ4n) is 4.69. The third-order valence-corrected chi connectivity index (χ3v) is 6.45. The monoisotopic (exact) mass is 458 g/mol. The molecule has 2 aromatic carbocycles. The second-order valence-corrected chi connectivity index (χ2v) is 8.62. The summed E-state index contributed by atoms with van der Waals surface area (Å²) in [6, 6.07) is 18.7. The van der Waals surface area contributed by atoms with Crippen LogP contribution in [-0.2, 0) is 9.59 Å². The summed E-state index contributed by atoms with van der Waals surface area (Å²) in [4.78, 5) is 31.9. The van der Waals surface area contributed by atoms with Crippen LogP contribution in [0.3, 0.4) is 0 Å². The van der Waals surface area contributed by atoms with E-state index in [2.05, 4.69) is 10.3 Å². The molecule has 3 heterocycles. The van der Waals surface area contributed by atoms with Crippen LogP contribution < -0.4 is 15.5 Å². The zero-order valence-corrected chi connectivity index (χ0v) is 18.6. The van der Waals surface area contributed by atoms with Crippen molar-refractivity contribution in [3.63, 3.8) is 0 Å². The number of amides is 2. The fourth-order valence-corrected chi connectivity index (χ4v) is 4.69. The number of pyridine rings is 1.